The molecular formula is C21H25F2N3OS. The second kappa shape index (κ2) is 10.3. The third-order valence-corrected chi connectivity index (χ3v) is 4.98. The van der Waals surface area contributed by atoms with Crippen LogP contribution in [0.5, 0.6) is 5.75 Å². The zero-order valence-corrected chi connectivity index (χ0v) is 16.5. The maximum Gasteiger partial charge on any atom is 0.387 e. The zero-order valence-electron chi connectivity index (χ0n) is 15.7. The van der Waals surface area contributed by atoms with Crippen molar-refractivity contribution < 1.29 is 13.5 Å². The molecule has 7 heteroatoms. The lowest BCUT2D eigenvalue weighted by molar-refractivity contribution is -0.0498. The lowest BCUT2D eigenvalue weighted by Crippen LogP contribution is -2.31. The molecule has 1 fully saturated rings. The number of piperidine rings is 1. The van der Waals surface area contributed by atoms with E-state index in [4.69, 9.17) is 12.2 Å². The fourth-order valence-electron chi connectivity index (χ4n) is 3.31. The van der Waals surface area contributed by atoms with Gasteiger partial charge in [0.25, 0.3) is 0 Å². The molecule has 2 aromatic carbocycles. The first-order valence-corrected chi connectivity index (χ1v) is 9.90. The molecule has 28 heavy (non-hydrogen) atoms. The van der Waals surface area contributed by atoms with Crippen molar-refractivity contribution in [3.63, 3.8) is 0 Å². The van der Waals surface area contributed by atoms with Gasteiger partial charge in [0.2, 0.25) is 0 Å². The Labute approximate surface area is 169 Å². The van der Waals surface area contributed by atoms with E-state index < -0.39 is 6.61 Å². The highest BCUT2D eigenvalue weighted by molar-refractivity contribution is 7.80. The second-order valence-corrected chi connectivity index (χ2v) is 7.22. The van der Waals surface area contributed by atoms with Gasteiger partial charge in [0, 0.05) is 18.8 Å². The van der Waals surface area contributed by atoms with Crippen LogP contribution >= 0.6 is 12.2 Å². The summed E-state index contributed by atoms with van der Waals surface area (Å²) >= 11 is 5.36. The minimum Gasteiger partial charge on any atom is -0.435 e. The molecule has 2 N–H and O–H groups in total. The Morgan fingerprint density at radius 3 is 2.36 bits per heavy atom. The molecule has 1 heterocycles. The third-order valence-electron chi connectivity index (χ3n) is 4.74. The summed E-state index contributed by atoms with van der Waals surface area (Å²) in [6.07, 6.45) is 3.88. The fourth-order valence-corrected chi connectivity index (χ4v) is 3.50. The van der Waals surface area contributed by atoms with Gasteiger partial charge >= 0.3 is 6.61 Å². The van der Waals surface area contributed by atoms with E-state index in [1.165, 1.54) is 42.5 Å². The van der Waals surface area contributed by atoms with Crippen LogP contribution in [0.15, 0.2) is 48.5 Å². The molecule has 0 aliphatic carbocycles. The first kappa shape index (κ1) is 20.5. The van der Waals surface area contributed by atoms with Crippen LogP contribution in [0, 0.1) is 0 Å². The first-order valence-electron chi connectivity index (χ1n) is 9.49. The smallest absolute Gasteiger partial charge is 0.387 e. The summed E-state index contributed by atoms with van der Waals surface area (Å²) in [5, 5.41) is 6.76. The van der Waals surface area contributed by atoms with Crippen molar-refractivity contribution in [1.82, 2.24) is 10.2 Å². The van der Waals surface area contributed by atoms with Crippen LogP contribution in [0.3, 0.4) is 0 Å². The van der Waals surface area contributed by atoms with Crippen molar-refractivity contribution >= 4 is 23.0 Å². The Hall–Kier alpha value is -2.25. The van der Waals surface area contributed by atoms with Crippen molar-refractivity contribution in [3.05, 3.63) is 59.7 Å². The van der Waals surface area contributed by atoms with Crippen LogP contribution in [0.25, 0.3) is 0 Å². The lowest BCUT2D eigenvalue weighted by Gasteiger charge is -2.27. The standard InChI is InChI=1S/C21H25F2N3OS/c22-20(23)27-19-10-8-18(9-11-19)25-21(28)24-14-16-6-2-3-7-17(16)15-26-12-4-1-5-13-26/h2-3,6-11,20H,1,4-5,12-15H2,(H2,24,25,28). The number of alkyl halides is 2. The summed E-state index contributed by atoms with van der Waals surface area (Å²) < 4.78 is 28.7. The summed E-state index contributed by atoms with van der Waals surface area (Å²) in [5.41, 5.74) is 3.24. The number of nitrogens with one attached hydrogen (secondary N) is 2. The quantitative estimate of drug-likeness (QED) is 0.650. The van der Waals surface area contributed by atoms with Gasteiger partial charge in [-0.1, -0.05) is 30.7 Å². The zero-order chi connectivity index (χ0) is 19.8. The van der Waals surface area contributed by atoms with Gasteiger partial charge in [-0.25, -0.2) is 0 Å². The molecule has 0 spiro atoms. The summed E-state index contributed by atoms with van der Waals surface area (Å²) in [4.78, 5) is 2.50. The summed E-state index contributed by atoms with van der Waals surface area (Å²) in [6, 6.07) is 14.6. The van der Waals surface area contributed by atoms with Crippen molar-refractivity contribution in [2.24, 2.45) is 0 Å². The lowest BCUT2D eigenvalue weighted by atomic mass is 10.0. The van der Waals surface area contributed by atoms with Gasteiger partial charge in [-0.2, -0.15) is 8.78 Å². The summed E-state index contributed by atoms with van der Waals surface area (Å²) in [6.45, 7) is 1.08. The molecule has 0 radical (unpaired) electrons. The number of rotatable bonds is 7. The molecule has 0 bridgehead atoms. The van der Waals surface area contributed by atoms with E-state index >= 15 is 0 Å². The molecule has 0 unspecified atom stereocenters. The number of thiocarbonyl (C=S) groups is 1. The van der Waals surface area contributed by atoms with Crippen LogP contribution in [0.2, 0.25) is 0 Å². The second-order valence-electron chi connectivity index (χ2n) is 6.82. The van der Waals surface area contributed by atoms with E-state index in [1.54, 1.807) is 12.1 Å². The first-order chi connectivity index (χ1) is 13.6. The van der Waals surface area contributed by atoms with E-state index in [0.717, 1.165) is 19.6 Å². The molecule has 1 aliphatic heterocycles. The maximum atomic E-state index is 12.2. The molecule has 4 nitrogen and oxygen atoms in total. The molecular weight excluding hydrogens is 380 g/mol. The molecule has 0 saturated carbocycles. The topological polar surface area (TPSA) is 36.5 Å². The van der Waals surface area contributed by atoms with Crippen LogP contribution in [0.1, 0.15) is 30.4 Å². The van der Waals surface area contributed by atoms with E-state index in [9.17, 15) is 8.78 Å². The molecule has 1 aliphatic rings. The highest BCUT2D eigenvalue weighted by Crippen LogP contribution is 2.18. The van der Waals surface area contributed by atoms with Crippen molar-refractivity contribution in [1.29, 1.82) is 0 Å². The largest absolute Gasteiger partial charge is 0.435 e. The number of nitrogens with zero attached hydrogens (tertiary/aromatic N) is 1. The molecule has 3 rings (SSSR count). The van der Waals surface area contributed by atoms with E-state index in [-0.39, 0.29) is 5.75 Å². The van der Waals surface area contributed by atoms with Crippen molar-refractivity contribution in [2.45, 2.75) is 39.0 Å². The van der Waals surface area contributed by atoms with Gasteiger partial charge in [0.1, 0.15) is 5.75 Å². The van der Waals surface area contributed by atoms with Gasteiger partial charge in [0.15, 0.2) is 5.11 Å². The number of ether oxygens (including phenoxy) is 1. The fraction of sp³-hybridized carbons (Fsp3) is 0.381. The average molecular weight is 406 g/mol. The van der Waals surface area contributed by atoms with E-state index in [1.807, 2.05) is 6.07 Å². The van der Waals surface area contributed by atoms with Gasteiger partial charge < -0.3 is 15.4 Å². The van der Waals surface area contributed by atoms with Gasteiger partial charge in [-0.3, -0.25) is 4.90 Å². The Bertz CT molecular complexity index is 765. The van der Waals surface area contributed by atoms with Crippen LogP contribution in [-0.2, 0) is 13.1 Å². The Kier molecular flexibility index (Phi) is 7.56. The van der Waals surface area contributed by atoms with E-state index in [2.05, 4.69) is 38.5 Å². The normalized spacial score (nSPS) is 14.7. The molecule has 0 amide bonds. The number of hydrogen-bond donors (Lipinski definition) is 2. The Morgan fingerprint density at radius 2 is 1.68 bits per heavy atom. The number of hydrogen-bond acceptors (Lipinski definition) is 3. The average Bonchev–Trinajstić information content (AvgIpc) is 2.69. The number of anilines is 1. The van der Waals surface area contributed by atoms with Crippen LogP contribution < -0.4 is 15.4 Å². The van der Waals surface area contributed by atoms with Crippen LogP contribution in [-0.4, -0.2) is 29.7 Å². The Balaban J connectivity index is 1.51. The SMILES string of the molecule is FC(F)Oc1ccc(NC(=S)NCc2ccccc2CN2CCCCC2)cc1. The number of likely N-dealkylation sites (tertiary alicyclic amines) is 1. The van der Waals surface area contributed by atoms with Gasteiger partial charge in [-0.05, 0) is 73.5 Å². The maximum absolute atomic E-state index is 12.2. The van der Waals surface area contributed by atoms with Gasteiger partial charge in [0.05, 0.1) is 0 Å². The molecule has 1 saturated heterocycles. The monoisotopic (exact) mass is 405 g/mol. The number of benzene rings is 2. The predicted molar refractivity (Wildman–Crippen MR) is 112 cm³/mol. The molecule has 2 aromatic rings. The summed E-state index contributed by atoms with van der Waals surface area (Å²) in [5.74, 6) is 0.117. The third kappa shape index (κ3) is 6.42. The molecule has 0 aromatic heterocycles. The van der Waals surface area contributed by atoms with Crippen molar-refractivity contribution in [2.75, 3.05) is 18.4 Å². The number of halogens is 2. The Morgan fingerprint density at radius 1 is 1.00 bits per heavy atom. The minimum atomic E-state index is -2.83. The highest BCUT2D eigenvalue weighted by Gasteiger charge is 2.12. The van der Waals surface area contributed by atoms with Crippen molar-refractivity contribution in [3.8, 4) is 5.75 Å². The highest BCUT2D eigenvalue weighted by atomic mass is 32.1. The predicted octanol–water partition coefficient (Wildman–Crippen LogP) is 4.76. The minimum absolute atomic E-state index is 0.117. The summed E-state index contributed by atoms with van der Waals surface area (Å²) in [7, 11) is 0. The van der Waals surface area contributed by atoms with Gasteiger partial charge in [-0.15, -0.1) is 0 Å². The van der Waals surface area contributed by atoms with E-state index in [0.29, 0.717) is 17.3 Å². The molecule has 0 atom stereocenters. The van der Waals surface area contributed by atoms with Crippen LogP contribution in [0.4, 0.5) is 14.5 Å². The molecule has 150 valence electrons.